The van der Waals surface area contributed by atoms with Crippen molar-refractivity contribution in [2.75, 3.05) is 6.61 Å². The quantitative estimate of drug-likeness (QED) is 0.497. The van der Waals surface area contributed by atoms with Gasteiger partial charge in [-0.3, -0.25) is 9.59 Å². The van der Waals surface area contributed by atoms with Crippen molar-refractivity contribution in [3.05, 3.63) is 0 Å². The summed E-state index contributed by atoms with van der Waals surface area (Å²) in [6.45, 7) is 1.53. The number of ketones is 1. The number of carbonyl (C=O) groups excluding carboxylic acids is 2. The molecular weight excluding hydrogens is 214 g/mol. The summed E-state index contributed by atoms with van der Waals surface area (Å²) < 4.78 is 0. The second-order valence-electron chi connectivity index (χ2n) is 3.40. The Balaban J connectivity index is 4.18. The predicted molar refractivity (Wildman–Crippen MR) is 55.8 cm³/mol. The molecule has 0 aromatic rings. The van der Waals surface area contributed by atoms with Gasteiger partial charge in [-0.05, 0) is 6.42 Å². The molecule has 0 heterocycles. The van der Waals surface area contributed by atoms with E-state index in [1.807, 2.05) is 6.92 Å². The van der Waals surface area contributed by atoms with Crippen LogP contribution in [0.1, 0.15) is 32.6 Å². The van der Waals surface area contributed by atoms with Crippen molar-refractivity contribution in [1.82, 2.24) is 5.32 Å². The smallest absolute Gasteiger partial charge is 0.326 e. The number of carboxylic acids is 1. The molecule has 0 saturated carbocycles. The summed E-state index contributed by atoms with van der Waals surface area (Å²) in [6.07, 6.45) is 1.40. The number of carboxylic acid groups (broad SMARTS) is 1. The van der Waals surface area contributed by atoms with Crippen LogP contribution < -0.4 is 5.32 Å². The summed E-state index contributed by atoms with van der Waals surface area (Å²) in [5, 5.41) is 19.3. The van der Waals surface area contributed by atoms with Crippen LogP contribution in [-0.2, 0) is 14.4 Å². The summed E-state index contributed by atoms with van der Waals surface area (Å²) in [4.78, 5) is 33.1. The zero-order valence-electron chi connectivity index (χ0n) is 9.23. The minimum absolute atomic E-state index is 0.109. The van der Waals surface area contributed by atoms with Gasteiger partial charge in [-0.25, -0.2) is 4.79 Å². The first kappa shape index (κ1) is 14.6. The Morgan fingerprint density at radius 2 is 1.94 bits per heavy atom. The molecule has 1 unspecified atom stereocenters. The van der Waals surface area contributed by atoms with Gasteiger partial charge >= 0.3 is 5.97 Å². The molecular formula is C10H17NO5. The average Bonchev–Trinajstić information content (AvgIpc) is 2.24. The highest BCUT2D eigenvalue weighted by molar-refractivity contribution is 6.36. The lowest BCUT2D eigenvalue weighted by atomic mass is 10.1. The molecule has 6 nitrogen and oxygen atoms in total. The highest BCUT2D eigenvalue weighted by Crippen LogP contribution is 1.97. The lowest BCUT2D eigenvalue weighted by Crippen LogP contribution is -2.44. The zero-order valence-corrected chi connectivity index (χ0v) is 9.23. The van der Waals surface area contributed by atoms with Gasteiger partial charge in [0, 0.05) is 19.4 Å². The second kappa shape index (κ2) is 7.81. The molecule has 1 amide bonds. The van der Waals surface area contributed by atoms with E-state index in [1.54, 1.807) is 0 Å². The topological polar surface area (TPSA) is 104 Å². The van der Waals surface area contributed by atoms with Gasteiger partial charge in [-0.15, -0.1) is 0 Å². The number of carbonyl (C=O) groups is 3. The SMILES string of the molecule is CCCCC(=O)C(=O)NC(CCO)C(=O)O. The Kier molecular flexibility index (Phi) is 7.11. The van der Waals surface area contributed by atoms with Gasteiger partial charge in [0.2, 0.25) is 5.78 Å². The van der Waals surface area contributed by atoms with Crippen LogP contribution in [0, 0.1) is 0 Å². The lowest BCUT2D eigenvalue weighted by Gasteiger charge is -2.12. The fourth-order valence-corrected chi connectivity index (χ4v) is 1.08. The number of aliphatic hydroxyl groups is 1. The Bertz CT molecular complexity index is 264. The van der Waals surface area contributed by atoms with E-state index in [9.17, 15) is 14.4 Å². The highest BCUT2D eigenvalue weighted by atomic mass is 16.4. The Labute approximate surface area is 93.6 Å². The normalized spacial score (nSPS) is 11.9. The number of rotatable bonds is 8. The standard InChI is InChI=1S/C10H17NO5/c1-2-3-4-8(13)9(14)11-7(5-6-12)10(15)16/h7,12H,2-6H2,1H3,(H,11,14)(H,15,16). The molecule has 0 rings (SSSR count). The molecule has 3 N–H and O–H groups in total. The van der Waals surface area contributed by atoms with Crippen LogP contribution in [0.25, 0.3) is 0 Å². The maximum atomic E-state index is 11.2. The zero-order chi connectivity index (χ0) is 12.6. The van der Waals surface area contributed by atoms with Crippen molar-refractivity contribution >= 4 is 17.7 Å². The van der Waals surface area contributed by atoms with E-state index in [4.69, 9.17) is 10.2 Å². The fraction of sp³-hybridized carbons (Fsp3) is 0.700. The monoisotopic (exact) mass is 231 g/mol. The largest absolute Gasteiger partial charge is 0.480 e. The lowest BCUT2D eigenvalue weighted by molar-refractivity contribution is -0.144. The van der Waals surface area contributed by atoms with Gasteiger partial charge in [0.1, 0.15) is 6.04 Å². The van der Waals surface area contributed by atoms with Crippen molar-refractivity contribution in [2.24, 2.45) is 0 Å². The van der Waals surface area contributed by atoms with Crippen LogP contribution in [-0.4, -0.2) is 40.5 Å². The minimum atomic E-state index is -1.26. The minimum Gasteiger partial charge on any atom is -0.480 e. The van der Waals surface area contributed by atoms with E-state index < -0.39 is 23.7 Å². The van der Waals surface area contributed by atoms with Crippen molar-refractivity contribution < 1.29 is 24.6 Å². The van der Waals surface area contributed by atoms with Crippen molar-refractivity contribution in [3.63, 3.8) is 0 Å². The van der Waals surface area contributed by atoms with Crippen LogP contribution in [0.4, 0.5) is 0 Å². The predicted octanol–water partition coefficient (Wildman–Crippen LogP) is -0.302. The van der Waals surface area contributed by atoms with Crippen LogP contribution >= 0.6 is 0 Å². The molecule has 0 aliphatic rings. The van der Waals surface area contributed by atoms with Gasteiger partial charge < -0.3 is 15.5 Å². The molecule has 0 aromatic carbocycles. The van der Waals surface area contributed by atoms with E-state index in [0.717, 1.165) is 6.42 Å². The Morgan fingerprint density at radius 3 is 2.38 bits per heavy atom. The molecule has 0 aliphatic carbocycles. The number of hydrogen-bond donors (Lipinski definition) is 3. The van der Waals surface area contributed by atoms with Gasteiger partial charge in [-0.2, -0.15) is 0 Å². The Hall–Kier alpha value is -1.43. The maximum Gasteiger partial charge on any atom is 0.326 e. The Morgan fingerprint density at radius 1 is 1.31 bits per heavy atom. The average molecular weight is 231 g/mol. The van der Waals surface area contributed by atoms with E-state index in [1.165, 1.54) is 0 Å². The first-order valence-electron chi connectivity index (χ1n) is 5.20. The van der Waals surface area contributed by atoms with E-state index in [2.05, 4.69) is 5.32 Å². The molecule has 0 radical (unpaired) electrons. The number of amides is 1. The third-order valence-corrected chi connectivity index (χ3v) is 2.03. The maximum absolute atomic E-state index is 11.2. The van der Waals surface area contributed by atoms with Gasteiger partial charge in [0.15, 0.2) is 0 Å². The number of unbranched alkanes of at least 4 members (excludes halogenated alkanes) is 1. The second-order valence-corrected chi connectivity index (χ2v) is 3.40. The number of Topliss-reactive ketones (excluding diaryl/α,β-unsaturated/α-hetero) is 1. The molecule has 0 aliphatic heterocycles. The van der Waals surface area contributed by atoms with Crippen molar-refractivity contribution in [3.8, 4) is 0 Å². The van der Waals surface area contributed by atoms with E-state index >= 15 is 0 Å². The van der Waals surface area contributed by atoms with E-state index in [0.29, 0.717) is 6.42 Å². The molecule has 0 fully saturated rings. The van der Waals surface area contributed by atoms with Crippen molar-refractivity contribution in [2.45, 2.75) is 38.6 Å². The van der Waals surface area contributed by atoms with Crippen LogP contribution in [0.3, 0.4) is 0 Å². The summed E-state index contributed by atoms with van der Waals surface area (Å²) in [6, 6.07) is -1.21. The number of nitrogens with one attached hydrogen (secondary N) is 1. The number of aliphatic hydroxyl groups excluding tert-OH is 1. The number of hydrogen-bond acceptors (Lipinski definition) is 4. The number of aliphatic carboxylic acids is 1. The van der Waals surface area contributed by atoms with E-state index in [-0.39, 0.29) is 19.4 Å². The molecule has 0 aromatic heterocycles. The third kappa shape index (κ3) is 5.45. The van der Waals surface area contributed by atoms with Crippen molar-refractivity contribution in [1.29, 1.82) is 0 Å². The highest BCUT2D eigenvalue weighted by Gasteiger charge is 2.22. The summed E-state index contributed by atoms with van der Waals surface area (Å²) in [7, 11) is 0. The first-order valence-corrected chi connectivity index (χ1v) is 5.20. The molecule has 0 spiro atoms. The summed E-state index contributed by atoms with van der Waals surface area (Å²) in [5.41, 5.74) is 0. The first-order chi connectivity index (χ1) is 7.52. The molecule has 0 bridgehead atoms. The fourth-order valence-electron chi connectivity index (χ4n) is 1.08. The van der Waals surface area contributed by atoms with Crippen LogP contribution in [0.15, 0.2) is 0 Å². The van der Waals surface area contributed by atoms with Crippen LogP contribution in [0.5, 0.6) is 0 Å². The molecule has 0 saturated heterocycles. The third-order valence-electron chi connectivity index (χ3n) is 2.03. The van der Waals surface area contributed by atoms with Gasteiger partial charge in [-0.1, -0.05) is 13.3 Å². The molecule has 1 atom stereocenters. The van der Waals surface area contributed by atoms with Gasteiger partial charge in [0.25, 0.3) is 5.91 Å². The summed E-state index contributed by atoms with van der Waals surface area (Å²) in [5.74, 6) is -2.77. The molecule has 92 valence electrons. The molecule has 6 heteroatoms. The van der Waals surface area contributed by atoms with Crippen LogP contribution in [0.2, 0.25) is 0 Å². The molecule has 16 heavy (non-hydrogen) atoms. The summed E-state index contributed by atoms with van der Waals surface area (Å²) >= 11 is 0. The van der Waals surface area contributed by atoms with Gasteiger partial charge in [0.05, 0.1) is 0 Å².